The van der Waals surface area contributed by atoms with Crippen molar-refractivity contribution in [3.63, 3.8) is 0 Å². The molecule has 2 atom stereocenters. The SMILES string of the molecule is CC(C)[C@@H](C(=O)OCc1ccccc1)N1C(=O)[C@@H]2Cc3c([nH]c4ccccc34)CN2C1(C)C. The molecule has 33 heavy (non-hydrogen) atoms. The number of rotatable bonds is 5. The number of nitrogens with zero attached hydrogens (tertiary/aromatic N) is 2. The number of aromatic amines is 1. The topological polar surface area (TPSA) is 65.6 Å². The number of H-pyrrole nitrogens is 1. The Balaban J connectivity index is 1.43. The molecular weight excluding hydrogens is 414 g/mol. The van der Waals surface area contributed by atoms with Gasteiger partial charge in [0.05, 0.1) is 11.7 Å². The summed E-state index contributed by atoms with van der Waals surface area (Å²) >= 11 is 0. The molecule has 3 aromatic rings. The fraction of sp³-hybridized carbons (Fsp3) is 0.407. The van der Waals surface area contributed by atoms with Gasteiger partial charge in [-0.25, -0.2) is 4.79 Å². The predicted octanol–water partition coefficient (Wildman–Crippen LogP) is 4.24. The third kappa shape index (κ3) is 3.53. The summed E-state index contributed by atoms with van der Waals surface area (Å²) in [5.74, 6) is -0.415. The van der Waals surface area contributed by atoms with Crippen LogP contribution in [0.15, 0.2) is 54.6 Å². The van der Waals surface area contributed by atoms with Gasteiger partial charge in [-0.15, -0.1) is 0 Å². The summed E-state index contributed by atoms with van der Waals surface area (Å²) < 4.78 is 5.71. The first-order chi connectivity index (χ1) is 15.8. The van der Waals surface area contributed by atoms with E-state index in [2.05, 4.69) is 22.0 Å². The maximum Gasteiger partial charge on any atom is 0.329 e. The Morgan fingerprint density at radius 1 is 1.12 bits per heavy atom. The molecule has 1 fully saturated rings. The number of para-hydroxylation sites is 1. The van der Waals surface area contributed by atoms with Gasteiger partial charge < -0.3 is 14.6 Å². The molecule has 1 saturated heterocycles. The van der Waals surface area contributed by atoms with E-state index in [1.165, 1.54) is 10.9 Å². The number of amides is 1. The molecule has 3 heterocycles. The largest absolute Gasteiger partial charge is 0.459 e. The van der Waals surface area contributed by atoms with Gasteiger partial charge in [-0.3, -0.25) is 9.69 Å². The number of hydrogen-bond acceptors (Lipinski definition) is 4. The van der Waals surface area contributed by atoms with Gasteiger partial charge in [-0.05, 0) is 43.4 Å². The van der Waals surface area contributed by atoms with Crippen molar-refractivity contribution in [3.05, 3.63) is 71.4 Å². The van der Waals surface area contributed by atoms with E-state index in [0.717, 1.165) is 16.8 Å². The van der Waals surface area contributed by atoms with E-state index in [1.807, 2.05) is 70.2 Å². The lowest BCUT2D eigenvalue weighted by atomic mass is 9.96. The van der Waals surface area contributed by atoms with E-state index in [4.69, 9.17) is 4.74 Å². The van der Waals surface area contributed by atoms with Crippen LogP contribution in [0.1, 0.15) is 44.5 Å². The van der Waals surface area contributed by atoms with E-state index >= 15 is 0 Å². The Hall–Kier alpha value is -3.12. The molecule has 5 rings (SSSR count). The zero-order valence-electron chi connectivity index (χ0n) is 19.7. The van der Waals surface area contributed by atoms with Gasteiger partial charge in [0.15, 0.2) is 0 Å². The molecule has 0 bridgehead atoms. The molecule has 0 saturated carbocycles. The number of hydrogen-bond donors (Lipinski definition) is 1. The quantitative estimate of drug-likeness (QED) is 0.597. The minimum atomic E-state index is -0.642. The summed E-state index contributed by atoms with van der Waals surface area (Å²) in [7, 11) is 0. The Labute approximate surface area is 194 Å². The van der Waals surface area contributed by atoms with Crippen molar-refractivity contribution in [2.24, 2.45) is 5.92 Å². The van der Waals surface area contributed by atoms with Gasteiger partial charge in [0.25, 0.3) is 0 Å². The Morgan fingerprint density at radius 3 is 2.55 bits per heavy atom. The van der Waals surface area contributed by atoms with Crippen LogP contribution in [0.5, 0.6) is 0 Å². The summed E-state index contributed by atoms with van der Waals surface area (Å²) in [6, 6.07) is 17.0. The fourth-order valence-corrected chi connectivity index (χ4v) is 5.54. The molecule has 0 radical (unpaired) electrons. The van der Waals surface area contributed by atoms with Crippen LogP contribution in [-0.4, -0.2) is 44.4 Å². The standard InChI is InChI=1S/C27H31N3O3/c1-17(2)24(26(32)33-16-18-10-6-5-7-11-18)30-25(31)23-14-20-19-12-8-9-13-21(19)28-22(20)15-29(23)27(30,3)4/h5-13,17,23-24,28H,14-16H2,1-4H3/t23-,24-/m0/s1. The molecule has 0 spiro atoms. The van der Waals surface area contributed by atoms with Gasteiger partial charge >= 0.3 is 5.97 Å². The number of carbonyl (C=O) groups excluding carboxylic acids is 2. The molecule has 172 valence electrons. The van der Waals surface area contributed by atoms with Crippen LogP contribution in [0.3, 0.4) is 0 Å². The van der Waals surface area contributed by atoms with Crippen LogP contribution < -0.4 is 0 Å². The third-order valence-corrected chi connectivity index (χ3v) is 7.19. The second-order valence-corrected chi connectivity index (χ2v) is 9.96. The molecule has 1 N–H and O–H groups in total. The second kappa shape index (κ2) is 8.03. The van der Waals surface area contributed by atoms with Crippen LogP contribution >= 0.6 is 0 Å². The Bertz CT molecular complexity index is 1200. The number of ether oxygens (including phenoxy) is 1. The number of benzene rings is 2. The fourth-order valence-electron chi connectivity index (χ4n) is 5.54. The highest BCUT2D eigenvalue weighted by atomic mass is 16.5. The van der Waals surface area contributed by atoms with Gasteiger partial charge in [0.2, 0.25) is 5.91 Å². The number of esters is 1. The maximum atomic E-state index is 13.8. The smallest absolute Gasteiger partial charge is 0.329 e. The summed E-state index contributed by atoms with van der Waals surface area (Å²) in [6.07, 6.45) is 0.641. The highest BCUT2D eigenvalue weighted by Crippen LogP contribution is 2.42. The molecule has 0 aliphatic carbocycles. The molecule has 6 heteroatoms. The van der Waals surface area contributed by atoms with E-state index in [0.29, 0.717) is 13.0 Å². The molecule has 2 aromatic carbocycles. The molecule has 2 aliphatic rings. The minimum absolute atomic E-state index is 0.00583. The normalized spacial score (nSPS) is 20.7. The van der Waals surface area contributed by atoms with Crippen molar-refractivity contribution in [2.45, 2.75) is 65.0 Å². The van der Waals surface area contributed by atoms with Crippen LogP contribution in [0.4, 0.5) is 0 Å². The van der Waals surface area contributed by atoms with Crippen molar-refractivity contribution in [2.75, 3.05) is 0 Å². The number of nitrogens with one attached hydrogen (secondary N) is 1. The lowest BCUT2D eigenvalue weighted by Gasteiger charge is -2.43. The van der Waals surface area contributed by atoms with Crippen molar-refractivity contribution < 1.29 is 14.3 Å². The monoisotopic (exact) mass is 445 g/mol. The highest BCUT2D eigenvalue weighted by molar-refractivity contribution is 5.92. The van der Waals surface area contributed by atoms with Gasteiger partial charge in [0, 0.05) is 23.1 Å². The molecule has 0 unspecified atom stereocenters. The van der Waals surface area contributed by atoms with Gasteiger partial charge in [-0.2, -0.15) is 0 Å². The Morgan fingerprint density at radius 2 is 1.82 bits per heavy atom. The third-order valence-electron chi connectivity index (χ3n) is 7.19. The summed E-state index contributed by atoms with van der Waals surface area (Å²) in [6.45, 7) is 8.88. The maximum absolute atomic E-state index is 13.8. The lowest BCUT2D eigenvalue weighted by molar-refractivity contribution is -0.162. The first kappa shape index (κ1) is 21.7. The van der Waals surface area contributed by atoms with Crippen molar-refractivity contribution in [1.82, 2.24) is 14.8 Å². The van der Waals surface area contributed by atoms with Gasteiger partial charge in [0.1, 0.15) is 12.6 Å². The highest BCUT2D eigenvalue weighted by Gasteiger charge is 2.57. The number of fused-ring (bicyclic) bond motifs is 4. The van der Waals surface area contributed by atoms with E-state index in [-0.39, 0.29) is 30.4 Å². The predicted molar refractivity (Wildman–Crippen MR) is 127 cm³/mol. The Kier molecular flexibility index (Phi) is 5.28. The molecule has 6 nitrogen and oxygen atoms in total. The lowest BCUT2D eigenvalue weighted by Crippen LogP contribution is -2.57. The zero-order valence-corrected chi connectivity index (χ0v) is 19.7. The zero-order chi connectivity index (χ0) is 23.3. The van der Waals surface area contributed by atoms with Crippen LogP contribution in [0.25, 0.3) is 10.9 Å². The molecule has 2 aliphatic heterocycles. The van der Waals surface area contributed by atoms with Crippen molar-refractivity contribution in [3.8, 4) is 0 Å². The molecular formula is C27H31N3O3. The molecule has 1 aromatic heterocycles. The van der Waals surface area contributed by atoms with E-state index in [9.17, 15) is 9.59 Å². The average Bonchev–Trinajstić information content (AvgIpc) is 3.25. The summed E-state index contributed by atoms with van der Waals surface area (Å²) in [5.41, 5.74) is 3.80. The number of aromatic nitrogens is 1. The second-order valence-electron chi connectivity index (χ2n) is 9.96. The average molecular weight is 446 g/mol. The van der Waals surface area contributed by atoms with Crippen LogP contribution in [0.2, 0.25) is 0 Å². The summed E-state index contributed by atoms with van der Waals surface area (Å²) in [5, 5.41) is 1.18. The van der Waals surface area contributed by atoms with E-state index in [1.54, 1.807) is 4.90 Å². The molecule has 1 amide bonds. The van der Waals surface area contributed by atoms with Crippen LogP contribution in [-0.2, 0) is 33.9 Å². The van der Waals surface area contributed by atoms with Crippen molar-refractivity contribution >= 4 is 22.8 Å². The first-order valence-corrected chi connectivity index (χ1v) is 11.7. The number of carbonyl (C=O) groups is 2. The van der Waals surface area contributed by atoms with E-state index < -0.39 is 11.7 Å². The summed E-state index contributed by atoms with van der Waals surface area (Å²) in [4.78, 5) is 34.7. The van der Waals surface area contributed by atoms with Crippen molar-refractivity contribution in [1.29, 1.82) is 0 Å². The van der Waals surface area contributed by atoms with Gasteiger partial charge in [-0.1, -0.05) is 62.4 Å². The first-order valence-electron chi connectivity index (χ1n) is 11.7. The van der Waals surface area contributed by atoms with Crippen LogP contribution in [0, 0.1) is 5.92 Å². The minimum Gasteiger partial charge on any atom is -0.459 e.